The zero-order valence-corrected chi connectivity index (χ0v) is 13.1. The minimum Gasteiger partial charge on any atom is -0.448 e. The smallest absolute Gasteiger partial charge is 0.355 e. The number of esters is 1. The molecule has 3 rings (SSSR count). The Morgan fingerprint density at radius 1 is 1.21 bits per heavy atom. The van der Waals surface area contributed by atoms with Crippen LogP contribution in [0.25, 0.3) is 11.0 Å². The largest absolute Gasteiger partial charge is 0.448 e. The summed E-state index contributed by atoms with van der Waals surface area (Å²) in [5, 5.41) is 2.65. The molecule has 0 aliphatic carbocycles. The van der Waals surface area contributed by atoms with Gasteiger partial charge in [-0.25, -0.2) is 9.59 Å². The van der Waals surface area contributed by atoms with Crippen molar-refractivity contribution in [2.45, 2.75) is 13.0 Å². The van der Waals surface area contributed by atoms with Crippen LogP contribution in [-0.2, 0) is 16.6 Å². The number of aromatic amines is 2. The quantitative estimate of drug-likeness (QED) is 0.629. The zero-order valence-electron chi connectivity index (χ0n) is 13.1. The fourth-order valence-electron chi connectivity index (χ4n) is 2.30. The standard InChI is InChI=1S/C16H16N4O4/c1-9(24-15(22)13-4-3-7-20(13)2)14(21)17-10-5-6-11-12(8-10)19-16(23)18-11/h3-9H,1-2H3,(H,17,21)(H2,18,19,23)/t9-/m1/s1. The average molecular weight is 328 g/mol. The third kappa shape index (κ3) is 3.07. The summed E-state index contributed by atoms with van der Waals surface area (Å²) in [7, 11) is 1.72. The molecule has 3 aromatic rings. The van der Waals surface area contributed by atoms with Crippen LogP contribution in [0.2, 0.25) is 0 Å². The van der Waals surface area contributed by atoms with E-state index in [0.29, 0.717) is 22.4 Å². The fourth-order valence-corrected chi connectivity index (χ4v) is 2.30. The van der Waals surface area contributed by atoms with Gasteiger partial charge in [-0.1, -0.05) is 0 Å². The molecular weight excluding hydrogens is 312 g/mol. The number of ether oxygens (including phenoxy) is 1. The van der Waals surface area contributed by atoms with Crippen molar-refractivity contribution in [2.24, 2.45) is 7.05 Å². The first-order chi connectivity index (χ1) is 11.4. The number of fused-ring (bicyclic) bond motifs is 1. The van der Waals surface area contributed by atoms with E-state index in [1.807, 2.05) is 0 Å². The molecule has 1 amide bonds. The van der Waals surface area contributed by atoms with Gasteiger partial charge in [-0.2, -0.15) is 0 Å². The van der Waals surface area contributed by atoms with Crippen molar-refractivity contribution in [2.75, 3.05) is 5.32 Å². The van der Waals surface area contributed by atoms with E-state index in [2.05, 4.69) is 15.3 Å². The Balaban J connectivity index is 1.67. The molecule has 8 heteroatoms. The third-order valence-electron chi connectivity index (χ3n) is 3.59. The molecule has 0 aliphatic heterocycles. The van der Waals surface area contributed by atoms with Crippen LogP contribution in [0.3, 0.4) is 0 Å². The van der Waals surface area contributed by atoms with Gasteiger partial charge in [-0.05, 0) is 37.3 Å². The number of rotatable bonds is 4. The summed E-state index contributed by atoms with van der Waals surface area (Å²) in [4.78, 5) is 40.6. The van der Waals surface area contributed by atoms with Crippen LogP contribution in [-0.4, -0.2) is 32.5 Å². The van der Waals surface area contributed by atoms with E-state index in [1.54, 1.807) is 48.1 Å². The van der Waals surface area contributed by atoms with Crippen LogP contribution in [0.4, 0.5) is 5.69 Å². The Kier molecular flexibility index (Phi) is 3.95. The van der Waals surface area contributed by atoms with E-state index < -0.39 is 18.0 Å². The minimum atomic E-state index is -0.964. The van der Waals surface area contributed by atoms with Gasteiger partial charge in [0.1, 0.15) is 5.69 Å². The third-order valence-corrected chi connectivity index (χ3v) is 3.59. The van der Waals surface area contributed by atoms with Crippen molar-refractivity contribution < 1.29 is 14.3 Å². The van der Waals surface area contributed by atoms with Crippen LogP contribution >= 0.6 is 0 Å². The molecule has 0 fully saturated rings. The number of carbonyl (C=O) groups is 2. The van der Waals surface area contributed by atoms with Gasteiger partial charge in [0.15, 0.2) is 6.10 Å². The summed E-state index contributed by atoms with van der Waals surface area (Å²) >= 11 is 0. The number of hydrogen-bond donors (Lipinski definition) is 3. The Morgan fingerprint density at radius 2 is 1.96 bits per heavy atom. The first-order valence-electron chi connectivity index (χ1n) is 7.29. The second kappa shape index (κ2) is 6.07. The first kappa shape index (κ1) is 15.6. The number of H-pyrrole nitrogens is 2. The maximum atomic E-state index is 12.2. The summed E-state index contributed by atoms with van der Waals surface area (Å²) in [6, 6.07) is 8.27. The predicted octanol–water partition coefficient (Wildman–Crippen LogP) is 1.38. The van der Waals surface area contributed by atoms with Gasteiger partial charge >= 0.3 is 11.7 Å². The van der Waals surface area contributed by atoms with Gasteiger partial charge in [0.05, 0.1) is 11.0 Å². The first-order valence-corrected chi connectivity index (χ1v) is 7.29. The summed E-state index contributed by atoms with van der Waals surface area (Å²) in [5.41, 5.74) is 1.75. The van der Waals surface area contributed by atoms with Crippen molar-refractivity contribution in [3.63, 3.8) is 0 Å². The molecule has 124 valence electrons. The predicted molar refractivity (Wildman–Crippen MR) is 87.8 cm³/mol. The summed E-state index contributed by atoms with van der Waals surface area (Å²) in [5.74, 6) is -1.04. The van der Waals surface area contributed by atoms with Crippen molar-refractivity contribution >= 4 is 28.6 Å². The molecule has 0 bridgehead atoms. The van der Waals surface area contributed by atoms with Gasteiger partial charge in [0.25, 0.3) is 5.91 Å². The van der Waals surface area contributed by atoms with Crippen molar-refractivity contribution in [3.05, 3.63) is 52.7 Å². The lowest BCUT2D eigenvalue weighted by molar-refractivity contribution is -0.123. The molecule has 2 aromatic heterocycles. The molecule has 1 atom stereocenters. The monoisotopic (exact) mass is 328 g/mol. The SMILES string of the molecule is C[C@@H](OC(=O)c1cccn1C)C(=O)Nc1ccc2[nH]c(=O)[nH]c2c1. The highest BCUT2D eigenvalue weighted by molar-refractivity contribution is 5.98. The molecule has 1 aromatic carbocycles. The van der Waals surface area contributed by atoms with E-state index in [-0.39, 0.29) is 5.69 Å². The Morgan fingerprint density at radius 3 is 2.67 bits per heavy atom. The zero-order chi connectivity index (χ0) is 17.3. The van der Waals surface area contributed by atoms with Crippen molar-refractivity contribution in [3.8, 4) is 0 Å². The molecule has 24 heavy (non-hydrogen) atoms. The Bertz CT molecular complexity index is 966. The van der Waals surface area contributed by atoms with Gasteiger partial charge < -0.3 is 24.6 Å². The highest BCUT2D eigenvalue weighted by Gasteiger charge is 2.20. The van der Waals surface area contributed by atoms with Crippen LogP contribution in [0.1, 0.15) is 17.4 Å². The van der Waals surface area contributed by atoms with Crippen molar-refractivity contribution in [1.29, 1.82) is 0 Å². The maximum Gasteiger partial charge on any atom is 0.355 e. The highest BCUT2D eigenvalue weighted by atomic mass is 16.5. The number of nitrogens with one attached hydrogen (secondary N) is 3. The second-order valence-corrected chi connectivity index (χ2v) is 5.38. The normalized spacial score (nSPS) is 12.1. The van der Waals surface area contributed by atoms with Crippen LogP contribution in [0.5, 0.6) is 0 Å². The number of aromatic nitrogens is 3. The van der Waals surface area contributed by atoms with E-state index in [0.717, 1.165) is 0 Å². The number of anilines is 1. The molecule has 0 saturated carbocycles. The van der Waals surface area contributed by atoms with Crippen LogP contribution in [0.15, 0.2) is 41.3 Å². The number of nitrogens with zero attached hydrogens (tertiary/aromatic N) is 1. The summed E-state index contributed by atoms with van der Waals surface area (Å²) < 4.78 is 6.78. The maximum absolute atomic E-state index is 12.2. The molecule has 0 aliphatic rings. The molecule has 0 spiro atoms. The summed E-state index contributed by atoms with van der Waals surface area (Å²) in [6.45, 7) is 1.49. The molecule has 0 unspecified atom stereocenters. The number of amides is 1. The van der Waals surface area contributed by atoms with Gasteiger partial charge in [0, 0.05) is 18.9 Å². The van der Waals surface area contributed by atoms with Gasteiger partial charge in [0.2, 0.25) is 0 Å². The molecule has 3 N–H and O–H groups in total. The van der Waals surface area contributed by atoms with E-state index in [4.69, 9.17) is 4.74 Å². The number of carbonyl (C=O) groups excluding carboxylic acids is 2. The number of benzene rings is 1. The molecule has 0 saturated heterocycles. The van der Waals surface area contributed by atoms with Crippen LogP contribution < -0.4 is 11.0 Å². The van der Waals surface area contributed by atoms with E-state index in [1.165, 1.54) is 6.92 Å². The van der Waals surface area contributed by atoms with Crippen LogP contribution in [0, 0.1) is 0 Å². The molecule has 0 radical (unpaired) electrons. The highest BCUT2D eigenvalue weighted by Crippen LogP contribution is 2.15. The summed E-state index contributed by atoms with van der Waals surface area (Å²) in [6.07, 6.45) is 0.752. The lowest BCUT2D eigenvalue weighted by Crippen LogP contribution is -2.30. The number of aryl methyl sites for hydroxylation is 1. The van der Waals surface area contributed by atoms with Crippen molar-refractivity contribution in [1.82, 2.24) is 14.5 Å². The van der Waals surface area contributed by atoms with E-state index >= 15 is 0 Å². The fraction of sp³-hybridized carbons (Fsp3) is 0.188. The molecular formula is C16H16N4O4. The Labute approximate surface area is 136 Å². The second-order valence-electron chi connectivity index (χ2n) is 5.38. The lowest BCUT2D eigenvalue weighted by Gasteiger charge is -2.13. The lowest BCUT2D eigenvalue weighted by atomic mass is 10.2. The minimum absolute atomic E-state index is 0.321. The van der Waals surface area contributed by atoms with E-state index in [9.17, 15) is 14.4 Å². The van der Waals surface area contributed by atoms with Gasteiger partial charge in [-0.15, -0.1) is 0 Å². The topological polar surface area (TPSA) is 109 Å². The molecule has 2 heterocycles. The number of hydrogen-bond acceptors (Lipinski definition) is 4. The van der Waals surface area contributed by atoms with Gasteiger partial charge in [-0.3, -0.25) is 4.79 Å². The average Bonchev–Trinajstić information content (AvgIpc) is 3.11. The molecule has 8 nitrogen and oxygen atoms in total. The Hall–Kier alpha value is -3.29. The number of imidazole rings is 1.